The maximum Gasteiger partial charge on any atom is 0.324 e. The lowest BCUT2D eigenvalue weighted by molar-refractivity contribution is -0.140. The molecule has 1 aromatic carbocycles. The van der Waals surface area contributed by atoms with Gasteiger partial charge in [0.15, 0.2) is 0 Å². The number of carbonyl (C=O) groups is 2. The topological polar surface area (TPSA) is 126 Å². The lowest BCUT2D eigenvalue weighted by atomic mass is 10.1. The Balaban J connectivity index is 1.67. The minimum atomic E-state index is -0.331. The summed E-state index contributed by atoms with van der Waals surface area (Å²) in [7, 11) is 1.33. The number of urea groups is 1. The number of amides is 2. The van der Waals surface area contributed by atoms with Gasteiger partial charge in [-0.05, 0) is 12.1 Å². The second kappa shape index (κ2) is 7.81. The molecule has 0 spiro atoms. The number of aromatic nitrogens is 2. The first kappa shape index (κ1) is 18.3. The van der Waals surface area contributed by atoms with Crippen molar-refractivity contribution in [3.8, 4) is 11.3 Å². The van der Waals surface area contributed by atoms with Gasteiger partial charge in [0.1, 0.15) is 11.5 Å². The van der Waals surface area contributed by atoms with Gasteiger partial charge in [0.2, 0.25) is 0 Å². The van der Waals surface area contributed by atoms with Crippen molar-refractivity contribution in [1.82, 2.24) is 14.9 Å². The fourth-order valence-corrected chi connectivity index (χ4v) is 2.79. The summed E-state index contributed by atoms with van der Waals surface area (Å²) in [6, 6.07) is 7.28. The number of rotatable bonds is 6. The molecule has 1 saturated heterocycles. The summed E-state index contributed by atoms with van der Waals surface area (Å²) in [6.07, 6.45) is 3.19. The Kier molecular flexibility index (Phi) is 5.30. The van der Waals surface area contributed by atoms with E-state index < -0.39 is 0 Å². The van der Waals surface area contributed by atoms with Crippen LogP contribution in [0.5, 0.6) is 0 Å². The van der Waals surface area contributed by atoms with Gasteiger partial charge in [-0.15, -0.1) is 0 Å². The van der Waals surface area contributed by atoms with Crippen LogP contribution in [0.4, 0.5) is 10.5 Å². The van der Waals surface area contributed by atoms with Crippen molar-refractivity contribution in [2.45, 2.75) is 6.42 Å². The van der Waals surface area contributed by atoms with E-state index in [1.807, 2.05) is 24.3 Å². The number of methoxy groups -OCH3 is 1. The van der Waals surface area contributed by atoms with Crippen LogP contribution in [0.15, 0.2) is 36.7 Å². The first-order valence-corrected chi connectivity index (χ1v) is 8.39. The molecular formula is C18H20N6O3. The molecule has 2 amide bonds. The van der Waals surface area contributed by atoms with Gasteiger partial charge < -0.3 is 15.4 Å². The molecule has 2 aromatic rings. The summed E-state index contributed by atoms with van der Waals surface area (Å²) in [5.74, 6) is -0.462. The second-order valence-electron chi connectivity index (χ2n) is 5.99. The monoisotopic (exact) mass is 368 g/mol. The lowest BCUT2D eigenvalue weighted by Gasteiger charge is -2.18. The van der Waals surface area contributed by atoms with E-state index in [2.05, 4.69) is 14.7 Å². The molecular weight excluding hydrogens is 348 g/mol. The number of carbonyl (C=O) groups excluding carboxylic acids is 2. The van der Waals surface area contributed by atoms with E-state index in [4.69, 9.17) is 11.1 Å². The highest BCUT2D eigenvalue weighted by Gasteiger charge is 2.29. The molecule has 1 aromatic heterocycles. The van der Waals surface area contributed by atoms with Crippen molar-refractivity contribution in [3.05, 3.63) is 42.4 Å². The van der Waals surface area contributed by atoms with E-state index >= 15 is 0 Å². The van der Waals surface area contributed by atoms with E-state index in [0.717, 1.165) is 11.3 Å². The van der Waals surface area contributed by atoms with E-state index in [1.54, 1.807) is 16.0 Å². The summed E-state index contributed by atoms with van der Waals surface area (Å²) in [5.41, 5.74) is 7.97. The zero-order valence-electron chi connectivity index (χ0n) is 14.9. The summed E-state index contributed by atoms with van der Waals surface area (Å²) < 4.78 is 4.61. The standard InChI is InChI=1S/C18H20N6O3/c1-27-16(25)6-7-23-8-9-24(18(23)26)13-4-2-12(3-5-13)14-10-22-15(11-21-14)17(19)20/h2-5,10-11H,6-9H2,1H3,(H3,19,20). The van der Waals surface area contributed by atoms with Crippen LogP contribution in [0, 0.1) is 5.41 Å². The van der Waals surface area contributed by atoms with Gasteiger partial charge in [0.05, 0.1) is 31.6 Å². The number of nitrogens with one attached hydrogen (secondary N) is 1. The number of amidine groups is 1. The molecule has 0 bridgehead atoms. The number of nitrogen functional groups attached to an aromatic ring is 1. The maximum absolute atomic E-state index is 12.5. The Morgan fingerprint density at radius 3 is 2.56 bits per heavy atom. The highest BCUT2D eigenvalue weighted by Crippen LogP contribution is 2.24. The molecule has 3 rings (SSSR count). The highest BCUT2D eigenvalue weighted by atomic mass is 16.5. The van der Waals surface area contributed by atoms with E-state index in [-0.39, 0.29) is 24.3 Å². The normalized spacial score (nSPS) is 13.7. The van der Waals surface area contributed by atoms with Crippen LogP contribution in [0.25, 0.3) is 11.3 Å². The van der Waals surface area contributed by atoms with Crippen molar-refractivity contribution in [3.63, 3.8) is 0 Å². The van der Waals surface area contributed by atoms with Gasteiger partial charge in [-0.25, -0.2) is 9.78 Å². The van der Waals surface area contributed by atoms with Crippen LogP contribution in [-0.2, 0) is 9.53 Å². The first-order valence-electron chi connectivity index (χ1n) is 8.39. The number of benzene rings is 1. The molecule has 140 valence electrons. The Labute approximate surface area is 156 Å². The Morgan fingerprint density at radius 2 is 1.96 bits per heavy atom. The molecule has 1 fully saturated rings. The number of nitrogens with zero attached hydrogens (tertiary/aromatic N) is 4. The quantitative estimate of drug-likeness (QED) is 0.449. The molecule has 0 saturated carbocycles. The molecule has 1 aliphatic heterocycles. The van der Waals surface area contributed by atoms with Crippen LogP contribution in [0.2, 0.25) is 0 Å². The molecule has 9 nitrogen and oxygen atoms in total. The summed E-state index contributed by atoms with van der Waals surface area (Å²) in [4.78, 5) is 35.4. The number of ether oxygens (including phenoxy) is 1. The Morgan fingerprint density at radius 1 is 1.22 bits per heavy atom. The largest absolute Gasteiger partial charge is 0.469 e. The third kappa shape index (κ3) is 4.02. The molecule has 2 heterocycles. The van der Waals surface area contributed by atoms with Crippen molar-refractivity contribution < 1.29 is 14.3 Å². The van der Waals surface area contributed by atoms with Crippen molar-refractivity contribution in [2.75, 3.05) is 31.6 Å². The lowest BCUT2D eigenvalue weighted by Crippen LogP contribution is -2.33. The Hall–Kier alpha value is -3.49. The fraction of sp³-hybridized carbons (Fsp3) is 0.278. The van der Waals surface area contributed by atoms with Gasteiger partial charge in [-0.1, -0.05) is 12.1 Å². The number of hydrogen-bond acceptors (Lipinski definition) is 6. The summed E-state index contributed by atoms with van der Waals surface area (Å²) in [6.45, 7) is 1.47. The van der Waals surface area contributed by atoms with Crippen molar-refractivity contribution >= 4 is 23.5 Å². The fourth-order valence-electron chi connectivity index (χ4n) is 2.79. The van der Waals surface area contributed by atoms with Crippen molar-refractivity contribution in [2.24, 2.45) is 5.73 Å². The molecule has 0 radical (unpaired) electrons. The van der Waals surface area contributed by atoms with Crippen LogP contribution in [0.3, 0.4) is 0 Å². The smallest absolute Gasteiger partial charge is 0.324 e. The number of hydrogen-bond donors (Lipinski definition) is 2. The highest BCUT2D eigenvalue weighted by molar-refractivity contribution is 5.94. The average Bonchev–Trinajstić information content (AvgIpc) is 3.06. The SMILES string of the molecule is COC(=O)CCN1CCN(c2ccc(-c3cnc(C(=N)N)cn3)cc2)C1=O. The minimum absolute atomic E-state index is 0.128. The van der Waals surface area contributed by atoms with Gasteiger partial charge in [-0.2, -0.15) is 0 Å². The van der Waals surface area contributed by atoms with Crippen LogP contribution >= 0.6 is 0 Å². The average molecular weight is 368 g/mol. The molecule has 0 aliphatic carbocycles. The summed E-state index contributed by atoms with van der Waals surface area (Å²) in [5, 5.41) is 7.34. The predicted octanol–water partition coefficient (Wildman–Crippen LogP) is 1.23. The zero-order valence-corrected chi connectivity index (χ0v) is 14.9. The van der Waals surface area contributed by atoms with Crippen LogP contribution in [0.1, 0.15) is 12.1 Å². The van der Waals surface area contributed by atoms with E-state index in [0.29, 0.717) is 31.0 Å². The summed E-state index contributed by atoms with van der Waals surface area (Å²) >= 11 is 0. The van der Waals surface area contributed by atoms with Gasteiger partial charge in [-0.3, -0.25) is 20.1 Å². The third-order valence-electron chi connectivity index (χ3n) is 4.31. The maximum atomic E-state index is 12.5. The van der Waals surface area contributed by atoms with E-state index in [1.165, 1.54) is 13.3 Å². The third-order valence-corrected chi connectivity index (χ3v) is 4.31. The van der Waals surface area contributed by atoms with Gasteiger partial charge in [0, 0.05) is 30.9 Å². The van der Waals surface area contributed by atoms with Crippen LogP contribution in [-0.4, -0.2) is 59.4 Å². The van der Waals surface area contributed by atoms with Crippen LogP contribution < -0.4 is 10.6 Å². The first-order chi connectivity index (χ1) is 13.0. The second-order valence-corrected chi connectivity index (χ2v) is 5.99. The minimum Gasteiger partial charge on any atom is -0.469 e. The molecule has 0 unspecified atom stereocenters. The number of esters is 1. The number of nitrogens with two attached hydrogens (primary N) is 1. The molecule has 27 heavy (non-hydrogen) atoms. The molecule has 9 heteroatoms. The van der Waals surface area contributed by atoms with E-state index in [9.17, 15) is 9.59 Å². The zero-order chi connectivity index (χ0) is 19.4. The molecule has 1 aliphatic rings. The molecule has 3 N–H and O–H groups in total. The Bertz CT molecular complexity index is 850. The van der Waals surface area contributed by atoms with Gasteiger partial charge in [0.25, 0.3) is 0 Å². The molecule has 0 atom stereocenters. The predicted molar refractivity (Wildman–Crippen MR) is 99.4 cm³/mol. The number of anilines is 1. The van der Waals surface area contributed by atoms with Crippen molar-refractivity contribution in [1.29, 1.82) is 5.41 Å². The van der Waals surface area contributed by atoms with Gasteiger partial charge >= 0.3 is 12.0 Å².